The van der Waals surface area contributed by atoms with Crippen LogP contribution in [0.1, 0.15) is 31.7 Å². The molecule has 0 bridgehead atoms. The maximum absolute atomic E-state index is 12.6. The van der Waals surface area contributed by atoms with Crippen molar-refractivity contribution in [1.29, 1.82) is 0 Å². The van der Waals surface area contributed by atoms with E-state index in [1.165, 1.54) is 24.3 Å². The van der Waals surface area contributed by atoms with Gasteiger partial charge in [-0.3, -0.25) is 9.78 Å². The number of allylic oxidation sites excluding steroid dienone is 4. The predicted molar refractivity (Wildman–Crippen MR) is 138 cm³/mol. The van der Waals surface area contributed by atoms with Crippen LogP contribution in [0.25, 0.3) is 11.0 Å². The number of nitrogens with zero attached hydrogens (tertiary/aromatic N) is 4. The molecule has 38 heavy (non-hydrogen) atoms. The first-order valence-electron chi connectivity index (χ1n) is 12.6. The first kappa shape index (κ1) is 25.3. The average Bonchev–Trinajstić information content (AvgIpc) is 3.32. The van der Waals surface area contributed by atoms with E-state index in [0.717, 1.165) is 35.0 Å². The second-order valence-corrected chi connectivity index (χ2v) is 9.21. The molecule has 1 saturated heterocycles. The van der Waals surface area contributed by atoms with Gasteiger partial charge in [0.05, 0.1) is 31.2 Å². The lowest BCUT2D eigenvalue weighted by Crippen LogP contribution is -2.38. The van der Waals surface area contributed by atoms with Crippen LogP contribution in [-0.4, -0.2) is 64.6 Å². The highest BCUT2D eigenvalue weighted by molar-refractivity contribution is 5.78. The van der Waals surface area contributed by atoms with E-state index in [-0.39, 0.29) is 24.9 Å². The second-order valence-electron chi connectivity index (χ2n) is 9.21. The van der Waals surface area contributed by atoms with Crippen LogP contribution >= 0.6 is 0 Å². The van der Waals surface area contributed by atoms with E-state index >= 15 is 0 Å². The quantitative estimate of drug-likeness (QED) is 0.487. The molecule has 5 rings (SSSR count). The monoisotopic (exact) mass is 518 g/mol. The van der Waals surface area contributed by atoms with Gasteiger partial charge in [-0.05, 0) is 49.0 Å². The Labute approximate surface area is 220 Å². The lowest BCUT2D eigenvalue weighted by atomic mass is 10.0. The number of carbonyl (C=O) groups is 2. The number of hydrogen-bond donors (Lipinski definition) is 0. The molecule has 0 aromatic carbocycles. The normalized spacial score (nSPS) is 18.7. The van der Waals surface area contributed by atoms with Crippen LogP contribution in [0, 0.1) is 0 Å². The molecule has 2 amide bonds. The Kier molecular flexibility index (Phi) is 7.57. The molecule has 10 nitrogen and oxygen atoms in total. The summed E-state index contributed by atoms with van der Waals surface area (Å²) in [6.07, 6.45) is 12.8. The number of rotatable bonds is 9. The number of amides is 2. The molecule has 0 unspecified atom stereocenters. The lowest BCUT2D eigenvalue weighted by Gasteiger charge is -2.24. The Hall–Kier alpha value is -4.34. The van der Waals surface area contributed by atoms with Crippen LogP contribution in [0.4, 0.5) is 4.79 Å². The minimum atomic E-state index is -0.532. The average molecular weight is 519 g/mol. The third kappa shape index (κ3) is 5.64. The fourth-order valence-electron chi connectivity index (χ4n) is 4.64. The Balaban J connectivity index is 1.17. The van der Waals surface area contributed by atoms with Crippen molar-refractivity contribution < 1.29 is 28.5 Å². The summed E-state index contributed by atoms with van der Waals surface area (Å²) < 4.78 is 22.3. The van der Waals surface area contributed by atoms with Crippen LogP contribution in [0.15, 0.2) is 72.4 Å². The number of fused-ring (bicyclic) bond motifs is 1. The molecule has 0 N–H and O–H groups in total. The number of aromatic nitrogens is 2. The van der Waals surface area contributed by atoms with Crippen LogP contribution in [-0.2, 0) is 25.4 Å². The Bertz CT molecular complexity index is 1350. The van der Waals surface area contributed by atoms with Crippen LogP contribution in [0.5, 0.6) is 5.88 Å². The number of ether oxygens (including phenoxy) is 4. The summed E-state index contributed by atoms with van der Waals surface area (Å²) in [6.45, 7) is 2.57. The van der Waals surface area contributed by atoms with Gasteiger partial charge in [-0.1, -0.05) is 18.2 Å². The minimum Gasteiger partial charge on any atom is -0.481 e. The Morgan fingerprint density at radius 1 is 1.26 bits per heavy atom. The van der Waals surface area contributed by atoms with Crippen molar-refractivity contribution in [1.82, 2.24) is 19.8 Å². The van der Waals surface area contributed by atoms with Gasteiger partial charge < -0.3 is 23.8 Å². The largest absolute Gasteiger partial charge is 0.481 e. The molecule has 0 radical (unpaired) electrons. The number of aryl methyl sites for hydroxylation is 1. The molecule has 1 atom stereocenters. The van der Waals surface area contributed by atoms with E-state index in [2.05, 4.69) is 16.0 Å². The molecular formula is C28H30N4O6. The molecule has 4 heterocycles. The highest BCUT2D eigenvalue weighted by Gasteiger charge is 2.37. The molecule has 2 aromatic heterocycles. The fourth-order valence-corrected chi connectivity index (χ4v) is 4.64. The van der Waals surface area contributed by atoms with Gasteiger partial charge in [-0.25, -0.2) is 14.7 Å². The van der Waals surface area contributed by atoms with Crippen molar-refractivity contribution in [3.8, 4) is 5.88 Å². The molecule has 0 spiro atoms. The third-order valence-corrected chi connectivity index (χ3v) is 6.62. The van der Waals surface area contributed by atoms with E-state index in [1.54, 1.807) is 24.3 Å². The highest BCUT2D eigenvalue weighted by Crippen LogP contribution is 2.29. The number of pyridine rings is 2. The van der Waals surface area contributed by atoms with Crippen LogP contribution in [0.3, 0.4) is 0 Å². The summed E-state index contributed by atoms with van der Waals surface area (Å²) in [5, 5.41) is 0. The minimum absolute atomic E-state index is 0.0853. The Morgan fingerprint density at radius 3 is 2.95 bits per heavy atom. The van der Waals surface area contributed by atoms with Gasteiger partial charge in [0.15, 0.2) is 12.0 Å². The summed E-state index contributed by atoms with van der Waals surface area (Å²) in [5.74, 6) is 1.29. The molecule has 2 aliphatic heterocycles. The highest BCUT2D eigenvalue weighted by atomic mass is 16.6. The van der Waals surface area contributed by atoms with E-state index in [4.69, 9.17) is 18.9 Å². The fraction of sp³-hybridized carbons (Fsp3) is 0.357. The van der Waals surface area contributed by atoms with Gasteiger partial charge >= 0.3 is 6.09 Å². The molecule has 2 aromatic rings. The number of cyclic esters (lactones) is 1. The zero-order valence-electron chi connectivity index (χ0n) is 21.5. The zero-order chi connectivity index (χ0) is 26.5. The van der Waals surface area contributed by atoms with Gasteiger partial charge in [0.2, 0.25) is 17.7 Å². The van der Waals surface area contributed by atoms with Crippen molar-refractivity contribution in [2.75, 3.05) is 26.7 Å². The Morgan fingerprint density at radius 2 is 2.16 bits per heavy atom. The lowest BCUT2D eigenvalue weighted by molar-refractivity contribution is -0.130. The smallest absolute Gasteiger partial charge is 0.417 e. The molecule has 3 aliphatic rings. The standard InChI is InChI=1S/C28H30N4O6/c1-19(33)31(14-6-9-21-12-13-29-23-10-11-25(35-2)30-27(21)23)15-22-16-32(28(34)37-22)26-18-36-17-24(38-26)20-7-4-3-5-8-20/h3-4,7,10-13,17-18,22H,5-6,8-9,14-16H2,1-2H3/t22-/m1/s1. The first-order valence-corrected chi connectivity index (χ1v) is 12.6. The van der Waals surface area contributed by atoms with Crippen LogP contribution in [0.2, 0.25) is 0 Å². The third-order valence-electron chi connectivity index (χ3n) is 6.62. The van der Waals surface area contributed by atoms with E-state index < -0.39 is 12.2 Å². The van der Waals surface area contributed by atoms with Gasteiger partial charge in [0, 0.05) is 25.7 Å². The van der Waals surface area contributed by atoms with Crippen molar-refractivity contribution >= 4 is 23.0 Å². The molecule has 0 saturated carbocycles. The summed E-state index contributed by atoms with van der Waals surface area (Å²) in [5.41, 5.74) is 3.62. The number of hydrogen-bond acceptors (Lipinski definition) is 8. The topological polar surface area (TPSA) is 103 Å². The van der Waals surface area contributed by atoms with E-state index in [1.807, 2.05) is 24.3 Å². The summed E-state index contributed by atoms with van der Waals surface area (Å²) in [4.78, 5) is 37.1. The van der Waals surface area contributed by atoms with Gasteiger partial charge in [-0.2, -0.15) is 0 Å². The van der Waals surface area contributed by atoms with Crippen molar-refractivity contribution in [3.63, 3.8) is 0 Å². The number of carbonyl (C=O) groups excluding carboxylic acids is 2. The second kappa shape index (κ2) is 11.4. The van der Waals surface area contributed by atoms with Crippen molar-refractivity contribution in [3.05, 3.63) is 77.9 Å². The maximum atomic E-state index is 12.6. The van der Waals surface area contributed by atoms with Crippen molar-refractivity contribution in [2.24, 2.45) is 0 Å². The molecule has 1 aliphatic carbocycles. The van der Waals surface area contributed by atoms with Gasteiger partial charge in [-0.15, -0.1) is 0 Å². The molecule has 1 fully saturated rings. The van der Waals surface area contributed by atoms with E-state index in [0.29, 0.717) is 31.0 Å². The first-order chi connectivity index (χ1) is 18.5. The zero-order valence-corrected chi connectivity index (χ0v) is 21.5. The molecular weight excluding hydrogens is 488 g/mol. The maximum Gasteiger partial charge on any atom is 0.417 e. The summed E-state index contributed by atoms with van der Waals surface area (Å²) >= 11 is 0. The van der Waals surface area contributed by atoms with Crippen LogP contribution < -0.4 is 4.74 Å². The summed E-state index contributed by atoms with van der Waals surface area (Å²) in [6, 6.07) is 5.60. The SMILES string of the molecule is COc1ccc2nccc(CCCN(C[C@@H]3CN(C4=COC=C(C5=CC=CCC5)O4)C(=O)O3)C(C)=O)c2n1. The summed E-state index contributed by atoms with van der Waals surface area (Å²) in [7, 11) is 1.58. The van der Waals surface area contributed by atoms with Crippen molar-refractivity contribution in [2.45, 2.75) is 38.7 Å². The van der Waals surface area contributed by atoms with E-state index in [9.17, 15) is 9.59 Å². The molecule has 198 valence electrons. The molecule has 10 heteroatoms. The van der Waals surface area contributed by atoms with Gasteiger partial charge in [0.25, 0.3) is 0 Å². The predicted octanol–water partition coefficient (Wildman–Crippen LogP) is 4.20. The number of methoxy groups -OCH3 is 1. The van der Waals surface area contributed by atoms with Gasteiger partial charge in [0.1, 0.15) is 12.4 Å².